The van der Waals surface area contributed by atoms with E-state index in [-0.39, 0.29) is 5.76 Å². The van der Waals surface area contributed by atoms with E-state index in [0.717, 1.165) is 23.7 Å². The topological polar surface area (TPSA) is 111 Å². The van der Waals surface area contributed by atoms with Crippen molar-refractivity contribution >= 4 is 33.8 Å². The van der Waals surface area contributed by atoms with Gasteiger partial charge in [-0.25, -0.2) is 15.0 Å². The van der Waals surface area contributed by atoms with Crippen molar-refractivity contribution in [3.8, 4) is 11.3 Å². The largest absolute Gasteiger partial charge is 0.458 e. The highest BCUT2D eigenvalue weighted by atomic mass is 32.1. The molecule has 4 aromatic rings. The summed E-state index contributed by atoms with van der Waals surface area (Å²) in [5, 5.41) is 4.11. The molecule has 0 unspecified atom stereocenters. The number of nitrogens with zero attached hydrogens (tertiary/aromatic N) is 4. The van der Waals surface area contributed by atoms with Gasteiger partial charge in [-0.3, -0.25) is 9.20 Å². The first-order valence-electron chi connectivity index (χ1n) is 8.15. The van der Waals surface area contributed by atoms with E-state index in [1.54, 1.807) is 29.8 Å². The van der Waals surface area contributed by atoms with Crippen LogP contribution < -0.4 is 11.1 Å². The van der Waals surface area contributed by atoms with Crippen LogP contribution in [0.25, 0.3) is 16.9 Å². The first-order chi connectivity index (χ1) is 12.7. The molecule has 4 aromatic heterocycles. The molecule has 4 heterocycles. The minimum atomic E-state index is -0.610. The van der Waals surface area contributed by atoms with E-state index in [1.807, 2.05) is 10.6 Å². The molecule has 3 N–H and O–H groups in total. The Bertz CT molecular complexity index is 1120. The third-order valence-electron chi connectivity index (χ3n) is 4.39. The van der Waals surface area contributed by atoms with Gasteiger partial charge in [0.05, 0.1) is 17.6 Å². The molecule has 0 radical (unpaired) electrons. The molecule has 1 amide bonds. The van der Waals surface area contributed by atoms with Gasteiger partial charge in [-0.15, -0.1) is 11.3 Å². The predicted molar refractivity (Wildman–Crippen MR) is 96.6 cm³/mol. The molecule has 9 heteroatoms. The van der Waals surface area contributed by atoms with Crippen LogP contribution >= 0.6 is 11.3 Å². The Morgan fingerprint density at radius 3 is 3.08 bits per heavy atom. The highest BCUT2D eigenvalue weighted by molar-refractivity contribution is 7.15. The number of carbonyl (C=O) groups is 1. The first-order valence-corrected chi connectivity index (χ1v) is 8.97. The van der Waals surface area contributed by atoms with Crippen LogP contribution in [-0.2, 0) is 12.8 Å². The molecule has 0 atom stereocenters. The third-order valence-corrected chi connectivity index (χ3v) is 5.46. The number of rotatable bonds is 4. The lowest BCUT2D eigenvalue weighted by molar-refractivity contribution is 0.0974. The zero-order chi connectivity index (χ0) is 17.7. The van der Waals surface area contributed by atoms with Crippen molar-refractivity contribution in [2.24, 2.45) is 5.73 Å². The number of fused-ring (bicyclic) bond motifs is 2. The summed E-state index contributed by atoms with van der Waals surface area (Å²) < 4.78 is 7.09. The second-order valence-electron chi connectivity index (χ2n) is 6.04. The molecular formula is C17H14N6O2S. The summed E-state index contributed by atoms with van der Waals surface area (Å²) in [4.78, 5) is 26.1. The molecule has 0 aromatic carbocycles. The molecule has 0 saturated heterocycles. The van der Waals surface area contributed by atoms with Gasteiger partial charge in [-0.05, 0) is 25.3 Å². The predicted octanol–water partition coefficient (Wildman–Crippen LogP) is 2.78. The Morgan fingerprint density at radius 1 is 1.35 bits per heavy atom. The van der Waals surface area contributed by atoms with E-state index >= 15 is 0 Å². The Labute approximate surface area is 151 Å². The molecule has 0 saturated carbocycles. The standard InChI is InChI=1S/C17H14N6O2S/c18-14(24)12-6-9(8-25-12)11-7-20-15(16-19-4-5-23(11)16)22-17-21-10-2-1-3-13(10)26-17/h4-8H,1-3H2,(H2,18,24)(H,20,21,22). The molecule has 1 aliphatic carbocycles. The van der Waals surface area contributed by atoms with Gasteiger partial charge < -0.3 is 15.5 Å². The van der Waals surface area contributed by atoms with Gasteiger partial charge in [0.1, 0.15) is 6.26 Å². The third kappa shape index (κ3) is 2.36. The normalized spacial score (nSPS) is 13.2. The lowest BCUT2D eigenvalue weighted by Crippen LogP contribution is -2.09. The highest BCUT2D eigenvalue weighted by Crippen LogP contribution is 2.33. The summed E-state index contributed by atoms with van der Waals surface area (Å²) in [7, 11) is 0. The average Bonchev–Trinajstić information content (AvgIpc) is 3.38. The number of anilines is 2. The summed E-state index contributed by atoms with van der Waals surface area (Å²) in [5.41, 5.74) is 8.56. The van der Waals surface area contributed by atoms with Crippen LogP contribution in [0.15, 0.2) is 35.3 Å². The van der Waals surface area contributed by atoms with Crippen LogP contribution in [0.2, 0.25) is 0 Å². The van der Waals surface area contributed by atoms with E-state index in [0.29, 0.717) is 17.0 Å². The van der Waals surface area contributed by atoms with Crippen molar-refractivity contribution in [2.45, 2.75) is 19.3 Å². The van der Waals surface area contributed by atoms with Gasteiger partial charge in [0.15, 0.2) is 22.4 Å². The lowest BCUT2D eigenvalue weighted by Gasteiger charge is -2.07. The number of hydrogen-bond donors (Lipinski definition) is 2. The number of aromatic nitrogens is 4. The molecule has 0 spiro atoms. The summed E-state index contributed by atoms with van der Waals surface area (Å²) >= 11 is 1.67. The fourth-order valence-corrected chi connectivity index (χ4v) is 4.21. The van der Waals surface area contributed by atoms with Gasteiger partial charge in [-0.1, -0.05) is 0 Å². The van der Waals surface area contributed by atoms with E-state index in [1.165, 1.54) is 23.3 Å². The molecule has 130 valence electrons. The minimum Gasteiger partial charge on any atom is -0.458 e. The fraction of sp³-hybridized carbons (Fsp3) is 0.176. The van der Waals surface area contributed by atoms with Crippen LogP contribution in [0, 0.1) is 0 Å². The number of amides is 1. The Kier molecular flexibility index (Phi) is 3.29. The molecule has 8 nitrogen and oxygen atoms in total. The molecule has 0 bridgehead atoms. The first kappa shape index (κ1) is 15.1. The zero-order valence-electron chi connectivity index (χ0n) is 13.6. The number of imidazole rings is 1. The number of furan rings is 1. The second-order valence-corrected chi connectivity index (χ2v) is 7.13. The molecule has 26 heavy (non-hydrogen) atoms. The Hall–Kier alpha value is -3.20. The van der Waals surface area contributed by atoms with E-state index in [9.17, 15) is 4.79 Å². The zero-order valence-corrected chi connectivity index (χ0v) is 14.4. The maximum absolute atomic E-state index is 11.3. The van der Waals surface area contributed by atoms with Gasteiger partial charge in [0, 0.05) is 22.8 Å². The number of primary amides is 1. The molecule has 0 aliphatic heterocycles. The van der Waals surface area contributed by atoms with Crippen LogP contribution in [0.3, 0.4) is 0 Å². The van der Waals surface area contributed by atoms with Gasteiger partial charge >= 0.3 is 0 Å². The van der Waals surface area contributed by atoms with Gasteiger partial charge in [-0.2, -0.15) is 0 Å². The average molecular weight is 366 g/mol. The van der Waals surface area contributed by atoms with Crippen LogP contribution in [0.1, 0.15) is 27.5 Å². The number of aryl methyl sites for hydroxylation is 2. The Morgan fingerprint density at radius 2 is 2.27 bits per heavy atom. The molecular weight excluding hydrogens is 352 g/mol. The van der Waals surface area contributed by atoms with E-state index < -0.39 is 5.91 Å². The summed E-state index contributed by atoms with van der Waals surface area (Å²) in [6.45, 7) is 0. The maximum atomic E-state index is 11.3. The van der Waals surface area contributed by atoms with Crippen molar-refractivity contribution in [3.05, 3.63) is 47.3 Å². The Balaban J connectivity index is 1.54. The SMILES string of the molecule is NC(=O)c1cc(-c2cnc(Nc3nc4c(s3)CCC4)c3nccn23)co1. The van der Waals surface area contributed by atoms with Crippen LogP contribution in [-0.4, -0.2) is 25.3 Å². The highest BCUT2D eigenvalue weighted by Gasteiger charge is 2.19. The van der Waals surface area contributed by atoms with Gasteiger partial charge in [0.2, 0.25) is 0 Å². The summed E-state index contributed by atoms with van der Waals surface area (Å²) in [5.74, 6) is 0.124. The van der Waals surface area contributed by atoms with Crippen molar-refractivity contribution < 1.29 is 9.21 Å². The van der Waals surface area contributed by atoms with E-state index in [4.69, 9.17) is 10.2 Å². The number of thiazole rings is 1. The van der Waals surface area contributed by atoms with Crippen molar-refractivity contribution in [2.75, 3.05) is 5.32 Å². The van der Waals surface area contributed by atoms with Crippen LogP contribution in [0.4, 0.5) is 10.9 Å². The monoisotopic (exact) mass is 366 g/mol. The molecule has 1 aliphatic rings. The minimum absolute atomic E-state index is 0.104. The number of nitrogens with one attached hydrogen (secondary N) is 1. The van der Waals surface area contributed by atoms with Crippen molar-refractivity contribution in [3.63, 3.8) is 0 Å². The van der Waals surface area contributed by atoms with Gasteiger partial charge in [0.25, 0.3) is 5.91 Å². The quantitative estimate of drug-likeness (QED) is 0.574. The number of carbonyl (C=O) groups excluding carboxylic acids is 1. The number of hydrogen-bond acceptors (Lipinski definition) is 7. The smallest absolute Gasteiger partial charge is 0.284 e. The fourth-order valence-electron chi connectivity index (χ4n) is 3.17. The maximum Gasteiger partial charge on any atom is 0.284 e. The summed E-state index contributed by atoms with van der Waals surface area (Å²) in [6, 6.07) is 1.59. The molecule has 5 rings (SSSR count). The number of nitrogens with two attached hydrogens (primary N) is 1. The summed E-state index contributed by atoms with van der Waals surface area (Å²) in [6.07, 6.45) is 10.0. The second kappa shape index (κ2) is 5.67. The lowest BCUT2D eigenvalue weighted by atomic mass is 10.2. The molecule has 0 fully saturated rings. The van der Waals surface area contributed by atoms with Crippen LogP contribution in [0.5, 0.6) is 0 Å². The van der Waals surface area contributed by atoms with Crippen molar-refractivity contribution in [1.82, 2.24) is 19.4 Å². The van der Waals surface area contributed by atoms with Crippen molar-refractivity contribution in [1.29, 1.82) is 0 Å². The van der Waals surface area contributed by atoms with E-state index in [2.05, 4.69) is 20.3 Å².